The van der Waals surface area contributed by atoms with Gasteiger partial charge in [-0.3, -0.25) is 0 Å². The van der Waals surface area contributed by atoms with Crippen LogP contribution in [0.15, 0.2) is 84.9 Å². The van der Waals surface area contributed by atoms with E-state index in [1.165, 1.54) is 21.5 Å². The Balaban J connectivity index is 0.00000169. The molecule has 4 aromatic carbocycles. The van der Waals surface area contributed by atoms with Crippen molar-refractivity contribution in [2.75, 3.05) is 0 Å². The van der Waals surface area contributed by atoms with E-state index in [9.17, 15) is 0 Å². The minimum Gasteiger partial charge on any atom is -0.334 e. The zero-order chi connectivity index (χ0) is 15.9. The molecule has 0 aliphatic carbocycles. The minimum atomic E-state index is -2.15. The van der Waals surface area contributed by atoms with Crippen LogP contribution in [0.5, 0.6) is 0 Å². The van der Waals surface area contributed by atoms with Gasteiger partial charge in [-0.15, -0.1) is 0 Å². The number of fused-ring (bicyclic) bond motifs is 3. The first kappa shape index (κ1) is 17.3. The first-order valence-corrected chi connectivity index (χ1v) is 9.71. The molecule has 0 aliphatic heterocycles. The molecule has 0 bridgehead atoms. The van der Waals surface area contributed by atoms with Gasteiger partial charge in [0.2, 0.25) is 0 Å². The Morgan fingerprint density at radius 1 is 0.667 bits per heavy atom. The predicted octanol–water partition coefficient (Wildman–Crippen LogP) is 1.84. The van der Waals surface area contributed by atoms with Gasteiger partial charge in [-0.05, 0) is 34.4 Å². The van der Waals surface area contributed by atoms with Crippen LogP contribution in [-0.2, 0) is 0 Å². The Labute approximate surface area is 157 Å². The van der Waals surface area contributed by atoms with Crippen molar-refractivity contribution in [1.29, 1.82) is 0 Å². The largest absolute Gasteiger partial charge is 1.00 e. The van der Waals surface area contributed by atoms with Gasteiger partial charge < -0.3 is 14.7 Å². The second-order valence-electron chi connectivity index (χ2n) is 5.87. The maximum absolute atomic E-state index is 6.82. The maximum atomic E-state index is 6.82. The topological polar surface area (TPSA) is 0 Å². The summed E-state index contributed by atoms with van der Waals surface area (Å²) in [4.78, 5) is 0. The van der Waals surface area contributed by atoms with Crippen LogP contribution in [0.2, 0.25) is 0 Å². The molecule has 0 saturated carbocycles. The fraction of sp³-hybridized carbons (Fsp3) is 0. The van der Waals surface area contributed by atoms with Crippen LogP contribution in [0.4, 0.5) is 0 Å². The zero-order valence-corrected chi connectivity index (χ0v) is 14.7. The average Bonchev–Trinajstić information content (AvgIpc) is 2.62. The van der Waals surface area contributed by atoms with E-state index in [0.717, 1.165) is 10.6 Å². The molecule has 0 aliphatic rings. The second-order valence-corrected chi connectivity index (χ2v) is 8.60. The van der Waals surface area contributed by atoms with Crippen molar-refractivity contribution in [1.82, 2.24) is 0 Å². The summed E-state index contributed by atoms with van der Waals surface area (Å²) in [5.41, 5.74) is 0. The maximum Gasteiger partial charge on any atom is 1.00 e. The summed E-state index contributed by atoms with van der Waals surface area (Å²) in [6.07, 6.45) is 0. The molecule has 0 amide bonds. The van der Waals surface area contributed by atoms with Crippen LogP contribution in [0.25, 0.3) is 21.5 Å². The van der Waals surface area contributed by atoms with Crippen LogP contribution < -0.4 is 29.5 Å². The molecule has 0 N–H and O–H groups in total. The van der Waals surface area contributed by atoms with E-state index in [-0.39, 0.29) is 18.9 Å². The van der Waals surface area contributed by atoms with Crippen molar-refractivity contribution in [2.45, 2.75) is 0 Å². The Morgan fingerprint density at radius 2 is 1.21 bits per heavy atom. The van der Waals surface area contributed by atoms with Crippen molar-refractivity contribution >= 4 is 46.9 Å². The van der Waals surface area contributed by atoms with Gasteiger partial charge in [0, 0.05) is 16.0 Å². The molecule has 1 atom stereocenters. The summed E-state index contributed by atoms with van der Waals surface area (Å²) in [5, 5.41) is 7.23. The molecule has 3 heteroatoms. The molecule has 4 aromatic rings. The summed E-state index contributed by atoms with van der Waals surface area (Å²) >= 11 is 0. The van der Waals surface area contributed by atoms with E-state index in [0.29, 0.717) is 0 Å². The SMILES string of the molecule is [B-][P+]([CH2-])(c1ccccc1)c1cc2ccccc2c2ccccc12.[Li+]. The molecule has 0 fully saturated rings. The molecule has 0 spiro atoms. The van der Waals surface area contributed by atoms with Crippen LogP contribution >= 0.6 is 7.14 Å². The third kappa shape index (κ3) is 2.83. The van der Waals surface area contributed by atoms with Crippen LogP contribution in [0, 0.1) is 6.66 Å². The second kappa shape index (κ2) is 6.78. The smallest absolute Gasteiger partial charge is 0.334 e. The van der Waals surface area contributed by atoms with E-state index in [4.69, 9.17) is 7.57 Å². The van der Waals surface area contributed by atoms with Gasteiger partial charge >= 0.3 is 18.9 Å². The Bertz CT molecular complexity index is 996. The molecule has 4 rings (SSSR count). The van der Waals surface area contributed by atoms with Gasteiger partial charge in [0.1, 0.15) is 0 Å². The molecular formula is C21H16BLiP. The Morgan fingerprint density at radius 3 is 1.92 bits per heavy atom. The summed E-state index contributed by atoms with van der Waals surface area (Å²) in [6, 6.07) is 29.5. The van der Waals surface area contributed by atoms with E-state index in [2.05, 4.69) is 73.4 Å². The van der Waals surface area contributed by atoms with Crippen molar-refractivity contribution in [3.8, 4) is 0 Å². The standard InChI is InChI=1S/C21H16BP.Li/c1-23(22,17-10-3-2-4-11-17)21-15-16-9-5-6-12-18(16)19-13-7-8-14-20(19)21;/h2-15H,1H2;/q-1;+1. The van der Waals surface area contributed by atoms with Crippen LogP contribution in [0.1, 0.15) is 0 Å². The van der Waals surface area contributed by atoms with Gasteiger partial charge in [-0.1, -0.05) is 66.7 Å². The van der Waals surface area contributed by atoms with Crippen molar-refractivity contribution in [3.63, 3.8) is 0 Å². The van der Waals surface area contributed by atoms with E-state index in [1.54, 1.807) is 0 Å². The average molecular weight is 317 g/mol. The van der Waals surface area contributed by atoms with Crippen molar-refractivity contribution in [2.24, 2.45) is 0 Å². The zero-order valence-electron chi connectivity index (χ0n) is 13.8. The molecule has 0 nitrogen and oxygen atoms in total. The Hall–Kier alpha value is -1.51. The molecule has 1 unspecified atom stereocenters. The van der Waals surface area contributed by atoms with Crippen LogP contribution in [-0.4, -0.2) is 7.57 Å². The third-order valence-electron chi connectivity index (χ3n) is 4.39. The number of hydrogen-bond acceptors (Lipinski definition) is 0. The first-order chi connectivity index (χ1) is 11.2. The summed E-state index contributed by atoms with van der Waals surface area (Å²) < 4.78 is 0. The fourth-order valence-corrected chi connectivity index (χ4v) is 5.17. The number of rotatable bonds is 2. The van der Waals surface area contributed by atoms with E-state index >= 15 is 0 Å². The van der Waals surface area contributed by atoms with E-state index < -0.39 is 7.14 Å². The molecule has 3 radical (unpaired) electrons. The molecule has 0 saturated heterocycles. The molecule has 24 heavy (non-hydrogen) atoms. The summed E-state index contributed by atoms with van der Waals surface area (Å²) in [7, 11) is 4.67. The predicted molar refractivity (Wildman–Crippen MR) is 105 cm³/mol. The van der Waals surface area contributed by atoms with Gasteiger partial charge in [0.05, 0.1) is 0 Å². The monoisotopic (exact) mass is 317 g/mol. The quantitative estimate of drug-likeness (QED) is 0.229. The summed E-state index contributed by atoms with van der Waals surface area (Å²) in [6.45, 7) is 4.46. The Kier molecular flexibility index (Phi) is 4.89. The van der Waals surface area contributed by atoms with Gasteiger partial charge in [0.25, 0.3) is 0 Å². The first-order valence-electron chi connectivity index (χ1n) is 7.66. The molecule has 0 aromatic heterocycles. The van der Waals surface area contributed by atoms with Gasteiger partial charge in [-0.2, -0.15) is 0 Å². The van der Waals surface area contributed by atoms with Crippen molar-refractivity contribution in [3.05, 3.63) is 91.6 Å². The normalized spacial score (nSPS) is 13.4. The molecule has 0 heterocycles. The minimum absolute atomic E-state index is 0. The van der Waals surface area contributed by atoms with Crippen LogP contribution in [0.3, 0.4) is 0 Å². The molecular weight excluding hydrogens is 301 g/mol. The van der Waals surface area contributed by atoms with Crippen molar-refractivity contribution < 1.29 is 18.9 Å². The fourth-order valence-electron chi connectivity index (χ4n) is 3.20. The van der Waals surface area contributed by atoms with Gasteiger partial charge in [-0.25, -0.2) is 6.66 Å². The molecule has 109 valence electrons. The summed E-state index contributed by atoms with van der Waals surface area (Å²) in [5.74, 6) is 0. The number of hydrogen-bond donors (Lipinski definition) is 0. The van der Waals surface area contributed by atoms with Gasteiger partial charge in [0.15, 0.2) is 0 Å². The third-order valence-corrected chi connectivity index (χ3v) is 6.84. The number of benzene rings is 4. The van der Waals surface area contributed by atoms with E-state index in [1.807, 2.05) is 18.2 Å².